The molecule has 0 aliphatic carbocycles. The molecule has 0 spiro atoms. The third-order valence-electron chi connectivity index (χ3n) is 6.48. The smallest absolute Gasteiger partial charge is 0.217 e. The lowest BCUT2D eigenvalue weighted by Gasteiger charge is -2.47. The number of hydrogen-bond donors (Lipinski definition) is 10. The van der Waals surface area contributed by atoms with E-state index >= 15 is 0 Å². The third kappa shape index (κ3) is 6.94. The lowest BCUT2D eigenvalue weighted by molar-refractivity contribution is -0.337. The van der Waals surface area contributed by atoms with Crippen LogP contribution in [0.1, 0.15) is 13.8 Å². The molecule has 0 saturated carbocycles. The molecule has 17 nitrogen and oxygen atoms in total. The molecule has 10 N–H and O–H groups in total. The fraction of sp³-hybridized carbons (Fsp3) is 0.905. The Morgan fingerprint density at radius 3 is 2.03 bits per heavy atom. The third-order valence-corrected chi connectivity index (χ3v) is 6.48. The second kappa shape index (κ2) is 13.2. The van der Waals surface area contributed by atoms with E-state index in [0.29, 0.717) is 0 Å². The van der Waals surface area contributed by atoms with Crippen molar-refractivity contribution in [3.63, 3.8) is 0 Å². The molecule has 0 aromatic rings. The first kappa shape index (κ1) is 31.0. The number of amides is 2. The SMILES string of the molecule is CC(=O)N[C@@H]1[C@@H](O)[C@H](O[C@@H]2O[C@H](CO)[C@@H](O)[C@H](O)[C@H]2NC(C)=O)[C@@H](CO[C@@H]2OC[C@@H](O)[C@@H](O)[C@@H]2O)O[C@H]1O. The predicted molar refractivity (Wildman–Crippen MR) is 118 cm³/mol. The second-order valence-corrected chi connectivity index (χ2v) is 9.40. The molecule has 0 radical (unpaired) electrons. The Hall–Kier alpha value is -1.58. The summed E-state index contributed by atoms with van der Waals surface area (Å²) in [6, 6.07) is -2.79. The molecule has 220 valence electrons. The van der Waals surface area contributed by atoms with E-state index < -0.39 is 111 Å². The van der Waals surface area contributed by atoms with E-state index in [1.807, 2.05) is 0 Å². The minimum atomic E-state index is -1.76. The number of aliphatic hydroxyl groups is 8. The molecule has 0 aromatic heterocycles. The number of aliphatic hydroxyl groups excluding tert-OH is 8. The van der Waals surface area contributed by atoms with E-state index in [1.54, 1.807) is 0 Å². The zero-order valence-electron chi connectivity index (χ0n) is 20.6. The van der Waals surface area contributed by atoms with Gasteiger partial charge in [-0.2, -0.15) is 0 Å². The van der Waals surface area contributed by atoms with E-state index in [-0.39, 0.29) is 6.61 Å². The summed E-state index contributed by atoms with van der Waals surface area (Å²) in [6.07, 6.45) is -18.5. The highest BCUT2D eigenvalue weighted by atomic mass is 16.7. The summed E-state index contributed by atoms with van der Waals surface area (Å²) in [5, 5.41) is 86.1. The van der Waals surface area contributed by atoms with Crippen molar-refractivity contribution in [2.45, 2.75) is 99.7 Å². The summed E-state index contributed by atoms with van der Waals surface area (Å²) in [5.41, 5.74) is 0. The van der Waals surface area contributed by atoms with Gasteiger partial charge in [-0.3, -0.25) is 9.59 Å². The fourth-order valence-electron chi connectivity index (χ4n) is 4.48. The molecular formula is C21H36N2O15. The maximum absolute atomic E-state index is 11.7. The van der Waals surface area contributed by atoms with Gasteiger partial charge < -0.3 is 75.2 Å². The van der Waals surface area contributed by atoms with Gasteiger partial charge in [-0.15, -0.1) is 0 Å². The molecule has 14 atom stereocenters. The average Bonchev–Trinajstić information content (AvgIpc) is 2.85. The lowest BCUT2D eigenvalue weighted by Crippen LogP contribution is -2.69. The number of hydrogen-bond acceptors (Lipinski definition) is 15. The van der Waals surface area contributed by atoms with Gasteiger partial charge in [-0.05, 0) is 0 Å². The maximum Gasteiger partial charge on any atom is 0.217 e. The molecule has 0 bridgehead atoms. The van der Waals surface area contributed by atoms with Crippen molar-refractivity contribution < 1.29 is 74.1 Å². The van der Waals surface area contributed by atoms with Crippen LogP contribution in [0.25, 0.3) is 0 Å². The summed E-state index contributed by atoms with van der Waals surface area (Å²) in [5.74, 6) is -1.25. The van der Waals surface area contributed by atoms with Crippen LogP contribution < -0.4 is 10.6 Å². The average molecular weight is 557 g/mol. The van der Waals surface area contributed by atoms with Crippen molar-refractivity contribution >= 4 is 11.8 Å². The monoisotopic (exact) mass is 556 g/mol. The van der Waals surface area contributed by atoms with Crippen molar-refractivity contribution in [2.24, 2.45) is 0 Å². The molecule has 3 aliphatic rings. The van der Waals surface area contributed by atoms with E-state index in [1.165, 1.54) is 0 Å². The van der Waals surface area contributed by atoms with E-state index in [4.69, 9.17) is 23.7 Å². The molecule has 2 amide bonds. The Bertz CT molecular complexity index is 807. The van der Waals surface area contributed by atoms with Gasteiger partial charge in [0, 0.05) is 13.8 Å². The van der Waals surface area contributed by atoms with Crippen molar-refractivity contribution in [3.8, 4) is 0 Å². The van der Waals surface area contributed by atoms with Gasteiger partial charge >= 0.3 is 0 Å². The first-order valence-corrected chi connectivity index (χ1v) is 12.0. The van der Waals surface area contributed by atoms with Gasteiger partial charge in [-0.1, -0.05) is 0 Å². The number of rotatable bonds is 8. The molecular weight excluding hydrogens is 520 g/mol. The van der Waals surface area contributed by atoms with Crippen LogP contribution >= 0.6 is 0 Å². The molecule has 0 aromatic carbocycles. The largest absolute Gasteiger partial charge is 0.394 e. The van der Waals surface area contributed by atoms with Gasteiger partial charge in [-0.25, -0.2) is 0 Å². The second-order valence-electron chi connectivity index (χ2n) is 9.40. The van der Waals surface area contributed by atoms with Crippen molar-refractivity contribution in [3.05, 3.63) is 0 Å². The minimum absolute atomic E-state index is 0.360. The molecule has 3 aliphatic heterocycles. The summed E-state index contributed by atoms with van der Waals surface area (Å²) in [7, 11) is 0. The van der Waals surface area contributed by atoms with Crippen molar-refractivity contribution in [1.29, 1.82) is 0 Å². The number of ether oxygens (including phenoxy) is 5. The highest BCUT2D eigenvalue weighted by Crippen LogP contribution is 2.30. The van der Waals surface area contributed by atoms with Crippen LogP contribution in [-0.4, -0.2) is 158 Å². The van der Waals surface area contributed by atoms with Crippen LogP contribution in [0, 0.1) is 0 Å². The molecule has 0 unspecified atom stereocenters. The van der Waals surface area contributed by atoms with Gasteiger partial charge in [0.05, 0.1) is 19.8 Å². The molecule has 3 saturated heterocycles. The Balaban J connectivity index is 1.83. The summed E-state index contributed by atoms with van der Waals surface area (Å²) in [6.45, 7) is 0.628. The van der Waals surface area contributed by atoms with Gasteiger partial charge in [0.1, 0.15) is 67.0 Å². The Morgan fingerprint density at radius 2 is 1.42 bits per heavy atom. The van der Waals surface area contributed by atoms with E-state index in [2.05, 4.69) is 10.6 Å². The van der Waals surface area contributed by atoms with Crippen LogP contribution in [0.5, 0.6) is 0 Å². The van der Waals surface area contributed by atoms with Crippen LogP contribution in [0.4, 0.5) is 0 Å². The Morgan fingerprint density at radius 1 is 0.789 bits per heavy atom. The van der Waals surface area contributed by atoms with Crippen molar-refractivity contribution in [2.75, 3.05) is 19.8 Å². The van der Waals surface area contributed by atoms with Crippen LogP contribution in [-0.2, 0) is 33.3 Å². The van der Waals surface area contributed by atoms with Crippen molar-refractivity contribution in [1.82, 2.24) is 10.6 Å². The maximum atomic E-state index is 11.7. The summed E-state index contributed by atoms with van der Waals surface area (Å²) in [4.78, 5) is 23.4. The highest BCUT2D eigenvalue weighted by Gasteiger charge is 2.52. The summed E-state index contributed by atoms with van der Waals surface area (Å²) >= 11 is 0. The Labute approximate surface area is 216 Å². The number of carbonyl (C=O) groups is 2. The first-order chi connectivity index (χ1) is 17.8. The fourth-order valence-corrected chi connectivity index (χ4v) is 4.48. The zero-order valence-corrected chi connectivity index (χ0v) is 20.6. The van der Waals surface area contributed by atoms with Gasteiger partial charge in [0.15, 0.2) is 18.9 Å². The minimum Gasteiger partial charge on any atom is -0.394 e. The molecule has 17 heteroatoms. The molecule has 38 heavy (non-hydrogen) atoms. The van der Waals surface area contributed by atoms with Gasteiger partial charge in [0.2, 0.25) is 11.8 Å². The Kier molecular flexibility index (Phi) is 10.7. The topological polar surface area (TPSA) is 266 Å². The molecule has 3 fully saturated rings. The normalized spacial score (nSPS) is 45.8. The molecule has 3 rings (SSSR count). The standard InChI is InChI=1S/C21H36N2O15/c1-6(25)22-11-16(31)18(38-20-12(23-7(2)26)15(30)14(29)9(3-24)37-20)10(36-19(11)33)5-35-21-17(32)13(28)8(27)4-34-21/h8-21,24,27-33H,3-5H2,1-2H3,(H,22,25)(H,23,26)/t8-,9-,10-,11-,12-,13-,14-,15-,16-,17+,18-,19-,20+,21+/m1/s1. The van der Waals surface area contributed by atoms with E-state index in [0.717, 1.165) is 13.8 Å². The van der Waals surface area contributed by atoms with Crippen LogP contribution in [0.15, 0.2) is 0 Å². The quantitative estimate of drug-likeness (QED) is 0.133. The first-order valence-electron chi connectivity index (χ1n) is 12.0. The number of nitrogens with one attached hydrogen (secondary N) is 2. The van der Waals surface area contributed by atoms with E-state index in [9.17, 15) is 50.4 Å². The lowest BCUT2D eigenvalue weighted by atomic mass is 9.94. The molecule has 3 heterocycles. The summed E-state index contributed by atoms with van der Waals surface area (Å²) < 4.78 is 27.5. The zero-order chi connectivity index (χ0) is 28.3. The number of carbonyl (C=O) groups excluding carboxylic acids is 2. The highest BCUT2D eigenvalue weighted by molar-refractivity contribution is 5.73. The predicted octanol–water partition coefficient (Wildman–Crippen LogP) is -6.65. The van der Waals surface area contributed by atoms with Gasteiger partial charge in [0.25, 0.3) is 0 Å². The van der Waals surface area contributed by atoms with Crippen LogP contribution in [0.3, 0.4) is 0 Å². The van der Waals surface area contributed by atoms with Crippen LogP contribution in [0.2, 0.25) is 0 Å².